The molecule has 0 aliphatic heterocycles. The first-order valence-electron chi connectivity index (χ1n) is 5.30. The largest absolute Gasteiger partial charge is 0.497 e. The van der Waals surface area contributed by atoms with E-state index >= 15 is 0 Å². The van der Waals surface area contributed by atoms with Crippen LogP contribution in [-0.2, 0) is 11.3 Å². The lowest BCUT2D eigenvalue weighted by atomic mass is 10.1. The number of hydrogen-bond donors (Lipinski definition) is 0. The van der Waals surface area contributed by atoms with Gasteiger partial charge in [0.15, 0.2) is 0 Å². The summed E-state index contributed by atoms with van der Waals surface area (Å²) in [4.78, 5) is 0.787. The van der Waals surface area contributed by atoms with Gasteiger partial charge in [-0.2, -0.15) is 0 Å². The lowest BCUT2D eigenvalue weighted by molar-refractivity contribution is 0.415. The highest BCUT2D eigenvalue weighted by Crippen LogP contribution is 2.37. The molecule has 0 amide bonds. The molecule has 84 valence electrons. The van der Waals surface area contributed by atoms with Crippen LogP contribution in [0.2, 0.25) is 0 Å². The van der Waals surface area contributed by atoms with Crippen LogP contribution in [0, 0.1) is 0 Å². The summed E-state index contributed by atoms with van der Waals surface area (Å²) in [5.41, 5.74) is 4.24. The fraction of sp³-hybridized carbons (Fsp3) is 0.0714. The molecule has 0 atom stereocenters. The monoisotopic (exact) mass is 242 g/mol. The molecule has 0 radical (unpaired) electrons. The molecular weight excluding hydrogens is 232 g/mol. The van der Waals surface area contributed by atoms with E-state index in [-0.39, 0.29) is 0 Å². The third kappa shape index (κ3) is 1.43. The molecule has 0 heterocycles. The highest BCUT2D eigenvalue weighted by atomic mass is 32.1. The molecule has 3 heteroatoms. The summed E-state index contributed by atoms with van der Waals surface area (Å²) in [6.07, 6.45) is 0. The topological polar surface area (TPSA) is 26.3 Å². The highest BCUT2D eigenvalue weighted by molar-refractivity contribution is 7.67. The average molecular weight is 242 g/mol. The Morgan fingerprint density at radius 3 is 2.35 bits per heavy atom. The van der Waals surface area contributed by atoms with Crippen LogP contribution in [0.25, 0.3) is 11.1 Å². The lowest BCUT2D eigenvalue weighted by Crippen LogP contribution is -1.97. The minimum Gasteiger partial charge on any atom is -0.497 e. The van der Waals surface area contributed by atoms with Crippen molar-refractivity contribution in [1.29, 1.82) is 0 Å². The van der Waals surface area contributed by atoms with E-state index < -0.39 is 0 Å². The minimum atomic E-state index is 0.548. The van der Waals surface area contributed by atoms with Crippen LogP contribution in [0.15, 0.2) is 42.5 Å². The van der Waals surface area contributed by atoms with E-state index in [9.17, 15) is 4.21 Å². The fourth-order valence-electron chi connectivity index (χ4n) is 2.22. The van der Waals surface area contributed by atoms with Crippen molar-refractivity contribution in [2.24, 2.45) is 0 Å². The van der Waals surface area contributed by atoms with Crippen molar-refractivity contribution in [1.82, 2.24) is 0 Å². The van der Waals surface area contributed by atoms with Crippen molar-refractivity contribution in [2.45, 2.75) is 0 Å². The number of ether oxygens (including phenoxy) is 1. The van der Waals surface area contributed by atoms with Gasteiger partial charge in [-0.15, -0.1) is 0 Å². The Kier molecular flexibility index (Phi) is 2.34. The zero-order valence-electron chi connectivity index (χ0n) is 9.27. The first kappa shape index (κ1) is 10.3. The lowest BCUT2D eigenvalue weighted by Gasteiger charge is -2.03. The highest BCUT2D eigenvalue weighted by Gasteiger charge is 2.24. The van der Waals surface area contributed by atoms with E-state index in [2.05, 4.69) is 0 Å². The fourth-order valence-corrected chi connectivity index (χ4v) is 2.75. The molecular formula is C14H10O2S. The maximum absolute atomic E-state index is 11.3. The summed E-state index contributed by atoms with van der Waals surface area (Å²) in [6, 6.07) is 13.8. The second kappa shape index (κ2) is 3.86. The molecule has 3 rings (SSSR count). The molecule has 17 heavy (non-hydrogen) atoms. The molecule has 0 saturated heterocycles. The van der Waals surface area contributed by atoms with Crippen LogP contribution in [0.3, 0.4) is 0 Å². The van der Waals surface area contributed by atoms with E-state index in [1.165, 1.54) is 0 Å². The van der Waals surface area contributed by atoms with Crippen LogP contribution < -0.4 is 4.74 Å². The zero-order valence-corrected chi connectivity index (χ0v) is 10.1. The van der Waals surface area contributed by atoms with E-state index in [0.717, 1.165) is 32.9 Å². The van der Waals surface area contributed by atoms with Gasteiger partial charge in [-0.05, 0) is 23.3 Å². The molecule has 0 spiro atoms. The number of rotatable bonds is 1. The summed E-state index contributed by atoms with van der Waals surface area (Å²) < 4.78 is 16.5. The summed E-state index contributed by atoms with van der Waals surface area (Å²) in [6.45, 7) is 0. The zero-order chi connectivity index (χ0) is 11.8. The van der Waals surface area contributed by atoms with Gasteiger partial charge in [0.25, 0.3) is 0 Å². The summed E-state index contributed by atoms with van der Waals surface area (Å²) in [5.74, 6) is 0.781. The summed E-state index contributed by atoms with van der Waals surface area (Å²) in [7, 11) is 1.63. The van der Waals surface area contributed by atoms with Gasteiger partial charge < -0.3 is 4.74 Å². The van der Waals surface area contributed by atoms with Crippen molar-refractivity contribution in [3.05, 3.63) is 53.6 Å². The second-order valence-corrected chi connectivity index (χ2v) is 4.44. The second-order valence-electron chi connectivity index (χ2n) is 3.87. The Morgan fingerprint density at radius 1 is 0.941 bits per heavy atom. The van der Waals surface area contributed by atoms with Crippen LogP contribution in [0.1, 0.15) is 11.1 Å². The Hall–Kier alpha value is -1.87. The molecule has 1 aliphatic rings. The third-order valence-corrected chi connectivity index (χ3v) is 3.62. The maximum Gasteiger partial charge on any atom is 0.119 e. The van der Waals surface area contributed by atoms with Gasteiger partial charge in [-0.1, -0.05) is 30.3 Å². The van der Waals surface area contributed by atoms with Gasteiger partial charge in [-0.3, -0.25) is 0 Å². The predicted molar refractivity (Wildman–Crippen MR) is 69.8 cm³/mol. The van der Waals surface area contributed by atoms with Crippen LogP contribution >= 0.6 is 0 Å². The Morgan fingerprint density at radius 2 is 1.65 bits per heavy atom. The van der Waals surface area contributed by atoms with Gasteiger partial charge in [0, 0.05) is 11.1 Å². The van der Waals surface area contributed by atoms with Crippen LogP contribution in [0.5, 0.6) is 5.75 Å². The van der Waals surface area contributed by atoms with Crippen molar-refractivity contribution in [3.8, 4) is 16.9 Å². The molecule has 2 nitrogen and oxygen atoms in total. The number of benzene rings is 2. The minimum absolute atomic E-state index is 0.548. The molecule has 0 fully saturated rings. The first-order valence-corrected chi connectivity index (χ1v) is 6.04. The van der Waals surface area contributed by atoms with Crippen molar-refractivity contribution in [3.63, 3.8) is 0 Å². The Labute approximate surface area is 103 Å². The van der Waals surface area contributed by atoms with Crippen LogP contribution in [-0.4, -0.2) is 16.2 Å². The van der Waals surface area contributed by atoms with Crippen molar-refractivity contribution >= 4 is 16.1 Å². The van der Waals surface area contributed by atoms with Gasteiger partial charge in [0.05, 0.1) is 23.2 Å². The molecule has 2 aromatic rings. The molecule has 0 bridgehead atoms. The molecule has 2 aromatic carbocycles. The number of methoxy groups -OCH3 is 1. The predicted octanol–water partition coefficient (Wildman–Crippen LogP) is 2.46. The molecule has 0 unspecified atom stereocenters. The van der Waals surface area contributed by atoms with Gasteiger partial charge in [0.2, 0.25) is 0 Å². The number of hydrogen-bond acceptors (Lipinski definition) is 2. The summed E-state index contributed by atoms with van der Waals surface area (Å²) >= 11 is 0.548. The Bertz CT molecular complexity index is 655. The van der Waals surface area contributed by atoms with Gasteiger partial charge in [-0.25, -0.2) is 4.21 Å². The molecule has 0 N–H and O–H groups in total. The smallest absolute Gasteiger partial charge is 0.119 e. The van der Waals surface area contributed by atoms with E-state index in [1.54, 1.807) is 7.11 Å². The third-order valence-electron chi connectivity index (χ3n) is 3.02. The SMILES string of the molecule is COc1ccc2c(c1)C(=S=O)c1ccccc1-2. The standard InChI is InChI=1S/C14H10O2S/c1-16-9-6-7-11-10-4-2-3-5-12(10)14(17-15)13(11)8-9/h2-8H,1H3. The van der Waals surface area contributed by atoms with Crippen molar-refractivity contribution in [2.75, 3.05) is 7.11 Å². The first-order chi connectivity index (χ1) is 8.35. The normalized spacial score (nSPS) is 11.9. The molecule has 1 aliphatic carbocycles. The van der Waals surface area contributed by atoms with Gasteiger partial charge in [0.1, 0.15) is 5.75 Å². The Balaban J connectivity index is 2.35. The molecule has 0 aromatic heterocycles. The average Bonchev–Trinajstić information content (AvgIpc) is 2.71. The van der Waals surface area contributed by atoms with Crippen molar-refractivity contribution < 1.29 is 8.95 Å². The van der Waals surface area contributed by atoms with Crippen LogP contribution in [0.4, 0.5) is 0 Å². The molecule has 0 saturated carbocycles. The number of fused-ring (bicyclic) bond motifs is 3. The maximum atomic E-state index is 11.3. The van der Waals surface area contributed by atoms with E-state index in [1.807, 2.05) is 42.5 Å². The van der Waals surface area contributed by atoms with Gasteiger partial charge >= 0.3 is 0 Å². The van der Waals surface area contributed by atoms with E-state index in [4.69, 9.17) is 4.74 Å². The quantitative estimate of drug-likeness (QED) is 0.613. The summed E-state index contributed by atoms with van der Waals surface area (Å²) in [5, 5.41) is 0. The van der Waals surface area contributed by atoms with E-state index in [0.29, 0.717) is 11.3 Å².